The molecule has 1 aromatic rings. The van der Waals surface area contributed by atoms with Crippen LogP contribution in [0.25, 0.3) is 0 Å². The summed E-state index contributed by atoms with van der Waals surface area (Å²) >= 11 is 0. The number of benzene rings is 1. The first kappa shape index (κ1) is 14.2. The van der Waals surface area contributed by atoms with Crippen molar-refractivity contribution in [1.82, 2.24) is 10.6 Å². The zero-order valence-corrected chi connectivity index (χ0v) is 12.7. The number of hydrogen-bond acceptors (Lipinski definition) is 2. The predicted molar refractivity (Wildman–Crippen MR) is 82.4 cm³/mol. The molecule has 0 aromatic heterocycles. The second kappa shape index (κ2) is 5.96. The minimum absolute atomic E-state index is 0.0183. The van der Waals surface area contributed by atoms with Gasteiger partial charge in [0, 0.05) is 6.04 Å². The van der Waals surface area contributed by atoms with Crippen LogP contribution in [0.4, 0.5) is 4.79 Å². The highest BCUT2D eigenvalue weighted by Crippen LogP contribution is 2.45. The third kappa shape index (κ3) is 3.31. The van der Waals surface area contributed by atoms with Crippen LogP contribution in [0.15, 0.2) is 24.3 Å². The summed E-state index contributed by atoms with van der Waals surface area (Å²) in [7, 11) is 1.66. The predicted octanol–water partition coefficient (Wildman–Crippen LogP) is 3.32. The number of hydrogen-bond donors (Lipinski definition) is 2. The highest BCUT2D eigenvalue weighted by Gasteiger charge is 2.45. The molecular weight excluding hydrogens is 264 g/mol. The minimum Gasteiger partial charge on any atom is -0.497 e. The summed E-state index contributed by atoms with van der Waals surface area (Å²) in [5.74, 6) is 0.848. The average Bonchev–Trinajstić information content (AvgIpc) is 3.29. The van der Waals surface area contributed by atoms with Gasteiger partial charge in [-0.1, -0.05) is 31.4 Å². The van der Waals surface area contributed by atoms with Gasteiger partial charge in [0.05, 0.1) is 12.6 Å². The Hall–Kier alpha value is -1.71. The number of nitrogens with one attached hydrogen (secondary N) is 2. The van der Waals surface area contributed by atoms with Gasteiger partial charge < -0.3 is 15.4 Å². The van der Waals surface area contributed by atoms with E-state index >= 15 is 0 Å². The number of methoxy groups -OCH3 is 1. The Kier molecular flexibility index (Phi) is 4.04. The fraction of sp³-hybridized carbons (Fsp3) is 0.588. The van der Waals surface area contributed by atoms with E-state index in [-0.39, 0.29) is 11.6 Å². The quantitative estimate of drug-likeness (QED) is 0.893. The van der Waals surface area contributed by atoms with Crippen LogP contribution in [0.1, 0.15) is 50.5 Å². The molecule has 0 spiro atoms. The van der Waals surface area contributed by atoms with E-state index < -0.39 is 0 Å². The third-order valence-corrected chi connectivity index (χ3v) is 4.69. The molecule has 21 heavy (non-hydrogen) atoms. The molecule has 4 heteroatoms. The molecule has 2 aliphatic rings. The Balaban J connectivity index is 1.58. The van der Waals surface area contributed by atoms with Gasteiger partial charge in [0.2, 0.25) is 0 Å². The molecule has 0 bridgehead atoms. The monoisotopic (exact) mass is 288 g/mol. The van der Waals surface area contributed by atoms with Crippen molar-refractivity contribution >= 4 is 6.03 Å². The number of amides is 2. The van der Waals surface area contributed by atoms with Crippen molar-refractivity contribution in [3.8, 4) is 5.75 Å². The Morgan fingerprint density at radius 1 is 1.14 bits per heavy atom. The highest BCUT2D eigenvalue weighted by molar-refractivity contribution is 5.76. The van der Waals surface area contributed by atoms with Crippen LogP contribution in [0.3, 0.4) is 0 Å². The van der Waals surface area contributed by atoms with Crippen molar-refractivity contribution in [1.29, 1.82) is 0 Å². The molecule has 2 fully saturated rings. The molecule has 0 aliphatic heterocycles. The molecule has 0 radical (unpaired) electrons. The number of rotatable bonds is 4. The van der Waals surface area contributed by atoms with Crippen molar-refractivity contribution in [2.75, 3.05) is 7.11 Å². The fourth-order valence-electron chi connectivity index (χ4n) is 3.21. The van der Waals surface area contributed by atoms with Crippen LogP contribution < -0.4 is 15.4 Å². The zero-order valence-electron chi connectivity index (χ0n) is 12.7. The molecule has 3 rings (SSSR count). The van der Waals surface area contributed by atoms with Gasteiger partial charge in [-0.15, -0.1) is 0 Å². The molecule has 0 unspecified atom stereocenters. The van der Waals surface area contributed by atoms with Crippen LogP contribution >= 0.6 is 0 Å². The van der Waals surface area contributed by atoms with Gasteiger partial charge in [0.15, 0.2) is 0 Å². The van der Waals surface area contributed by atoms with Crippen molar-refractivity contribution in [2.45, 2.75) is 56.5 Å². The number of carbonyl (C=O) groups excluding carboxylic acids is 1. The first-order valence-electron chi connectivity index (χ1n) is 7.95. The van der Waals surface area contributed by atoms with Gasteiger partial charge in [-0.05, 0) is 43.4 Å². The smallest absolute Gasteiger partial charge is 0.315 e. The molecule has 4 nitrogen and oxygen atoms in total. The summed E-state index contributed by atoms with van der Waals surface area (Å²) in [4.78, 5) is 12.2. The Labute approximate surface area is 126 Å². The van der Waals surface area contributed by atoms with E-state index in [0.29, 0.717) is 6.04 Å². The normalized spacial score (nSPS) is 20.6. The minimum atomic E-state index is -0.162. The van der Waals surface area contributed by atoms with E-state index in [4.69, 9.17) is 4.74 Å². The third-order valence-electron chi connectivity index (χ3n) is 4.69. The van der Waals surface area contributed by atoms with Crippen LogP contribution in [0.2, 0.25) is 0 Å². The van der Waals surface area contributed by atoms with Gasteiger partial charge in [-0.3, -0.25) is 0 Å². The van der Waals surface area contributed by atoms with Crippen LogP contribution in [-0.2, 0) is 5.54 Å². The lowest BCUT2D eigenvalue weighted by atomic mass is 9.96. The second-order valence-electron chi connectivity index (χ2n) is 6.24. The molecule has 0 heterocycles. The molecule has 2 N–H and O–H groups in total. The molecule has 2 aliphatic carbocycles. The van der Waals surface area contributed by atoms with Crippen molar-refractivity contribution in [3.05, 3.63) is 29.8 Å². The fourth-order valence-corrected chi connectivity index (χ4v) is 3.21. The van der Waals surface area contributed by atoms with E-state index in [9.17, 15) is 4.79 Å². The van der Waals surface area contributed by atoms with Crippen molar-refractivity contribution in [2.24, 2.45) is 0 Å². The summed E-state index contributed by atoms with van der Waals surface area (Å²) in [6.07, 6.45) is 8.01. The Morgan fingerprint density at radius 2 is 1.81 bits per heavy atom. The summed E-state index contributed by atoms with van der Waals surface area (Å²) in [6.45, 7) is 0. The topological polar surface area (TPSA) is 50.4 Å². The SMILES string of the molecule is COc1ccc(C2(NC(=O)NC3CCCCC3)CC2)cc1. The van der Waals surface area contributed by atoms with E-state index in [1.165, 1.54) is 24.8 Å². The first-order valence-corrected chi connectivity index (χ1v) is 7.95. The summed E-state index contributed by atoms with van der Waals surface area (Å²) < 4.78 is 5.18. The van der Waals surface area contributed by atoms with Crippen LogP contribution in [-0.4, -0.2) is 19.2 Å². The van der Waals surface area contributed by atoms with E-state index in [0.717, 1.165) is 31.4 Å². The second-order valence-corrected chi connectivity index (χ2v) is 6.24. The van der Waals surface area contributed by atoms with Gasteiger partial charge in [-0.2, -0.15) is 0 Å². The van der Waals surface area contributed by atoms with Gasteiger partial charge in [0.1, 0.15) is 5.75 Å². The molecule has 2 amide bonds. The van der Waals surface area contributed by atoms with E-state index in [2.05, 4.69) is 10.6 Å². The van der Waals surface area contributed by atoms with E-state index in [1.807, 2.05) is 24.3 Å². The van der Waals surface area contributed by atoms with Crippen molar-refractivity contribution in [3.63, 3.8) is 0 Å². The Morgan fingerprint density at radius 3 is 2.38 bits per heavy atom. The number of carbonyl (C=O) groups is 1. The molecule has 2 saturated carbocycles. The van der Waals surface area contributed by atoms with Crippen molar-refractivity contribution < 1.29 is 9.53 Å². The maximum atomic E-state index is 12.2. The first-order chi connectivity index (χ1) is 10.2. The van der Waals surface area contributed by atoms with Gasteiger partial charge in [0.25, 0.3) is 0 Å². The average molecular weight is 288 g/mol. The Bertz CT molecular complexity index is 488. The van der Waals surface area contributed by atoms with Gasteiger partial charge in [-0.25, -0.2) is 4.79 Å². The lowest BCUT2D eigenvalue weighted by Crippen LogP contribution is -2.46. The molecule has 114 valence electrons. The van der Waals surface area contributed by atoms with Crippen LogP contribution in [0, 0.1) is 0 Å². The molecular formula is C17H24N2O2. The van der Waals surface area contributed by atoms with Gasteiger partial charge >= 0.3 is 6.03 Å². The molecule has 0 atom stereocenters. The number of urea groups is 1. The maximum absolute atomic E-state index is 12.2. The standard InChI is InChI=1S/C17H24N2O2/c1-21-15-9-7-13(8-10-15)17(11-12-17)19-16(20)18-14-5-3-2-4-6-14/h7-10,14H,2-6,11-12H2,1H3,(H2,18,19,20). The number of ether oxygens (including phenoxy) is 1. The summed E-state index contributed by atoms with van der Waals surface area (Å²) in [5.41, 5.74) is 1.01. The largest absolute Gasteiger partial charge is 0.497 e. The maximum Gasteiger partial charge on any atom is 0.315 e. The highest BCUT2D eigenvalue weighted by atomic mass is 16.5. The van der Waals surface area contributed by atoms with E-state index in [1.54, 1.807) is 7.11 Å². The van der Waals surface area contributed by atoms with Crippen LogP contribution in [0.5, 0.6) is 5.75 Å². The lowest BCUT2D eigenvalue weighted by Gasteiger charge is -2.25. The zero-order chi connectivity index (χ0) is 14.7. The molecule has 1 aromatic carbocycles. The summed E-state index contributed by atoms with van der Waals surface area (Å²) in [6, 6.07) is 8.34. The lowest BCUT2D eigenvalue weighted by molar-refractivity contribution is 0.227. The molecule has 0 saturated heterocycles. The summed E-state index contributed by atoms with van der Waals surface area (Å²) in [5, 5.41) is 6.31.